The fourth-order valence-electron chi connectivity index (χ4n) is 1.98. The van der Waals surface area contributed by atoms with E-state index in [1.54, 1.807) is 7.11 Å². The van der Waals surface area contributed by atoms with Crippen LogP contribution in [-0.2, 0) is 11.2 Å². The second-order valence-corrected chi connectivity index (χ2v) is 4.52. The minimum atomic E-state index is 0.457. The highest BCUT2D eigenvalue weighted by molar-refractivity contribution is 5.33. The lowest BCUT2D eigenvalue weighted by Crippen LogP contribution is -2.19. The van der Waals surface area contributed by atoms with Gasteiger partial charge in [0, 0.05) is 13.2 Å². The summed E-state index contributed by atoms with van der Waals surface area (Å²) in [5, 5.41) is 0. The number of para-hydroxylation sites is 1. The summed E-state index contributed by atoms with van der Waals surface area (Å²) < 4.78 is 10.9. The molecule has 1 unspecified atom stereocenters. The van der Waals surface area contributed by atoms with Crippen LogP contribution in [0.4, 0.5) is 0 Å². The molecule has 1 atom stereocenters. The SMILES string of the molecule is CCCOCCC(CN)Cc1ccccc1OC. The van der Waals surface area contributed by atoms with Gasteiger partial charge in [0.15, 0.2) is 0 Å². The van der Waals surface area contributed by atoms with E-state index in [0.29, 0.717) is 12.5 Å². The number of benzene rings is 1. The molecule has 102 valence electrons. The van der Waals surface area contributed by atoms with Crippen LogP contribution in [-0.4, -0.2) is 26.9 Å². The maximum absolute atomic E-state index is 5.83. The van der Waals surface area contributed by atoms with Crippen LogP contribution in [0, 0.1) is 5.92 Å². The number of hydrogen-bond donors (Lipinski definition) is 1. The molecule has 3 heteroatoms. The van der Waals surface area contributed by atoms with Gasteiger partial charge < -0.3 is 15.2 Å². The second-order valence-electron chi connectivity index (χ2n) is 4.52. The van der Waals surface area contributed by atoms with Crippen LogP contribution in [0.3, 0.4) is 0 Å². The average Bonchev–Trinajstić information content (AvgIpc) is 2.42. The molecule has 2 N–H and O–H groups in total. The van der Waals surface area contributed by atoms with E-state index in [2.05, 4.69) is 13.0 Å². The van der Waals surface area contributed by atoms with E-state index in [1.165, 1.54) is 5.56 Å². The van der Waals surface area contributed by atoms with Crippen LogP contribution in [0.2, 0.25) is 0 Å². The molecule has 3 nitrogen and oxygen atoms in total. The molecule has 0 spiro atoms. The Hall–Kier alpha value is -1.06. The van der Waals surface area contributed by atoms with Gasteiger partial charge >= 0.3 is 0 Å². The molecule has 0 saturated carbocycles. The Balaban J connectivity index is 2.46. The predicted octanol–water partition coefficient (Wildman–Crippen LogP) is 2.63. The second kappa shape index (κ2) is 8.95. The van der Waals surface area contributed by atoms with Gasteiger partial charge in [-0.2, -0.15) is 0 Å². The Labute approximate surface area is 110 Å². The summed E-state index contributed by atoms with van der Waals surface area (Å²) in [5.41, 5.74) is 7.06. The van der Waals surface area contributed by atoms with Gasteiger partial charge in [-0.1, -0.05) is 25.1 Å². The molecule has 0 fully saturated rings. The zero-order valence-electron chi connectivity index (χ0n) is 11.5. The summed E-state index contributed by atoms with van der Waals surface area (Å²) in [6, 6.07) is 8.13. The van der Waals surface area contributed by atoms with Crippen molar-refractivity contribution in [2.45, 2.75) is 26.2 Å². The summed E-state index contributed by atoms with van der Waals surface area (Å²) in [6.45, 7) is 4.44. The summed E-state index contributed by atoms with van der Waals surface area (Å²) in [5.74, 6) is 1.41. The van der Waals surface area contributed by atoms with E-state index in [-0.39, 0.29) is 0 Å². The lowest BCUT2D eigenvalue weighted by Gasteiger charge is -2.16. The molecule has 0 aliphatic carbocycles. The van der Waals surface area contributed by atoms with Gasteiger partial charge in [-0.05, 0) is 43.4 Å². The standard InChI is InChI=1S/C15H25NO2/c1-3-9-18-10-8-13(12-16)11-14-6-4-5-7-15(14)17-2/h4-7,13H,3,8-12,16H2,1-2H3. The fourth-order valence-corrected chi connectivity index (χ4v) is 1.98. The Kier molecular flexibility index (Phi) is 7.46. The molecule has 0 aliphatic heterocycles. The molecular weight excluding hydrogens is 226 g/mol. The highest BCUT2D eigenvalue weighted by Gasteiger charge is 2.11. The van der Waals surface area contributed by atoms with E-state index in [0.717, 1.165) is 38.2 Å². The molecule has 1 rings (SSSR count). The number of ether oxygens (including phenoxy) is 2. The first-order valence-electron chi connectivity index (χ1n) is 6.71. The predicted molar refractivity (Wildman–Crippen MR) is 75.0 cm³/mol. The van der Waals surface area contributed by atoms with Crippen molar-refractivity contribution in [3.05, 3.63) is 29.8 Å². The quantitative estimate of drug-likeness (QED) is 0.686. The van der Waals surface area contributed by atoms with E-state index >= 15 is 0 Å². The monoisotopic (exact) mass is 251 g/mol. The number of nitrogens with two attached hydrogens (primary N) is 1. The fraction of sp³-hybridized carbons (Fsp3) is 0.600. The van der Waals surface area contributed by atoms with Crippen LogP contribution in [0.5, 0.6) is 5.75 Å². The van der Waals surface area contributed by atoms with Crippen molar-refractivity contribution in [2.75, 3.05) is 26.9 Å². The minimum absolute atomic E-state index is 0.457. The van der Waals surface area contributed by atoms with Gasteiger partial charge in [0.1, 0.15) is 5.75 Å². The van der Waals surface area contributed by atoms with Crippen molar-refractivity contribution in [2.24, 2.45) is 11.7 Å². The summed E-state index contributed by atoms with van der Waals surface area (Å²) >= 11 is 0. The van der Waals surface area contributed by atoms with Crippen LogP contribution < -0.4 is 10.5 Å². The molecule has 0 aliphatic rings. The molecular formula is C15H25NO2. The molecule has 0 radical (unpaired) electrons. The van der Waals surface area contributed by atoms with Crippen LogP contribution in [0.1, 0.15) is 25.3 Å². The Morgan fingerprint density at radius 1 is 1.22 bits per heavy atom. The van der Waals surface area contributed by atoms with Gasteiger partial charge in [0.25, 0.3) is 0 Å². The summed E-state index contributed by atoms with van der Waals surface area (Å²) in [7, 11) is 1.71. The van der Waals surface area contributed by atoms with Gasteiger partial charge in [-0.15, -0.1) is 0 Å². The van der Waals surface area contributed by atoms with Crippen LogP contribution >= 0.6 is 0 Å². The zero-order chi connectivity index (χ0) is 13.2. The average molecular weight is 251 g/mol. The zero-order valence-corrected chi connectivity index (χ0v) is 11.5. The van der Waals surface area contributed by atoms with E-state index in [9.17, 15) is 0 Å². The van der Waals surface area contributed by atoms with Gasteiger partial charge in [0.05, 0.1) is 7.11 Å². The maximum atomic E-state index is 5.83. The van der Waals surface area contributed by atoms with E-state index in [4.69, 9.17) is 15.2 Å². The Morgan fingerprint density at radius 2 is 2.00 bits per heavy atom. The van der Waals surface area contributed by atoms with Gasteiger partial charge in [-0.3, -0.25) is 0 Å². The highest BCUT2D eigenvalue weighted by Crippen LogP contribution is 2.21. The molecule has 0 bridgehead atoms. The summed E-state index contributed by atoms with van der Waals surface area (Å²) in [6.07, 6.45) is 3.03. The third-order valence-electron chi connectivity index (χ3n) is 3.05. The minimum Gasteiger partial charge on any atom is -0.496 e. The number of rotatable bonds is 9. The number of methoxy groups -OCH3 is 1. The first-order chi connectivity index (χ1) is 8.81. The van der Waals surface area contributed by atoms with Crippen molar-refractivity contribution in [1.29, 1.82) is 0 Å². The third kappa shape index (κ3) is 5.07. The highest BCUT2D eigenvalue weighted by atomic mass is 16.5. The first-order valence-corrected chi connectivity index (χ1v) is 6.71. The lowest BCUT2D eigenvalue weighted by molar-refractivity contribution is 0.121. The Morgan fingerprint density at radius 3 is 2.67 bits per heavy atom. The first kappa shape index (κ1) is 15.0. The van der Waals surface area contributed by atoms with E-state index in [1.807, 2.05) is 18.2 Å². The van der Waals surface area contributed by atoms with Crippen molar-refractivity contribution in [3.8, 4) is 5.75 Å². The van der Waals surface area contributed by atoms with Crippen molar-refractivity contribution in [3.63, 3.8) is 0 Å². The molecule has 0 amide bonds. The molecule has 1 aromatic carbocycles. The summed E-state index contributed by atoms with van der Waals surface area (Å²) in [4.78, 5) is 0. The maximum Gasteiger partial charge on any atom is 0.122 e. The van der Waals surface area contributed by atoms with Crippen molar-refractivity contribution < 1.29 is 9.47 Å². The molecule has 0 aromatic heterocycles. The van der Waals surface area contributed by atoms with Crippen LogP contribution in [0.15, 0.2) is 24.3 Å². The van der Waals surface area contributed by atoms with E-state index < -0.39 is 0 Å². The smallest absolute Gasteiger partial charge is 0.122 e. The van der Waals surface area contributed by atoms with Gasteiger partial charge in [0.2, 0.25) is 0 Å². The number of hydrogen-bond acceptors (Lipinski definition) is 3. The third-order valence-corrected chi connectivity index (χ3v) is 3.05. The molecule has 0 saturated heterocycles. The van der Waals surface area contributed by atoms with Crippen molar-refractivity contribution in [1.82, 2.24) is 0 Å². The topological polar surface area (TPSA) is 44.5 Å². The van der Waals surface area contributed by atoms with Gasteiger partial charge in [-0.25, -0.2) is 0 Å². The van der Waals surface area contributed by atoms with Crippen molar-refractivity contribution >= 4 is 0 Å². The largest absolute Gasteiger partial charge is 0.496 e. The lowest BCUT2D eigenvalue weighted by atomic mass is 9.96. The molecule has 18 heavy (non-hydrogen) atoms. The van der Waals surface area contributed by atoms with Crippen LogP contribution in [0.25, 0.3) is 0 Å². The molecule has 0 heterocycles. The Bertz CT molecular complexity index is 328. The molecule has 1 aromatic rings. The normalized spacial score (nSPS) is 12.4.